The van der Waals surface area contributed by atoms with Crippen molar-refractivity contribution in [1.29, 1.82) is 0 Å². The number of para-hydroxylation sites is 1. The van der Waals surface area contributed by atoms with Crippen molar-refractivity contribution >= 4 is 0 Å². The molecule has 0 aliphatic carbocycles. The second-order valence-electron chi connectivity index (χ2n) is 4.07. The first-order valence-electron chi connectivity index (χ1n) is 6.18. The van der Waals surface area contributed by atoms with Gasteiger partial charge in [0.2, 0.25) is 0 Å². The predicted molar refractivity (Wildman–Crippen MR) is 71.7 cm³/mol. The van der Waals surface area contributed by atoms with Gasteiger partial charge in [0.15, 0.2) is 0 Å². The van der Waals surface area contributed by atoms with Crippen molar-refractivity contribution in [2.75, 3.05) is 13.7 Å². The molecule has 0 spiro atoms. The number of aromatic nitrogens is 2. The van der Waals surface area contributed by atoms with E-state index in [0.29, 0.717) is 0 Å². The van der Waals surface area contributed by atoms with Crippen LogP contribution >= 0.6 is 0 Å². The lowest BCUT2D eigenvalue weighted by atomic mass is 10.2. The monoisotopic (exact) mass is 245 g/mol. The molecule has 0 amide bonds. The first-order chi connectivity index (χ1) is 8.85. The van der Waals surface area contributed by atoms with Gasteiger partial charge in [-0.2, -0.15) is 5.10 Å². The first-order valence-corrected chi connectivity index (χ1v) is 6.18. The van der Waals surface area contributed by atoms with E-state index in [1.54, 1.807) is 7.11 Å². The van der Waals surface area contributed by atoms with Crippen molar-refractivity contribution < 1.29 is 4.74 Å². The van der Waals surface area contributed by atoms with E-state index in [-0.39, 0.29) is 0 Å². The number of benzene rings is 1. The minimum atomic E-state index is 0.734. The minimum absolute atomic E-state index is 0.734. The molecule has 1 heterocycles. The van der Waals surface area contributed by atoms with Gasteiger partial charge < -0.3 is 10.1 Å². The summed E-state index contributed by atoms with van der Waals surface area (Å²) in [4.78, 5) is 0. The highest BCUT2D eigenvalue weighted by Crippen LogP contribution is 2.18. The summed E-state index contributed by atoms with van der Waals surface area (Å²) in [5, 5.41) is 7.67. The van der Waals surface area contributed by atoms with Crippen LogP contribution < -0.4 is 10.1 Å². The van der Waals surface area contributed by atoms with Gasteiger partial charge in [0, 0.05) is 18.3 Å². The molecular formula is C14H19N3O. The zero-order valence-electron chi connectivity index (χ0n) is 10.9. The molecule has 0 atom stereocenters. The minimum Gasteiger partial charge on any atom is -0.496 e. The standard InChI is InChI=1S/C14H19N3O/c1-3-15-10-13-8-9-16-17(13)11-12-6-4-5-7-14(12)18-2/h4-9,15H,3,10-11H2,1-2H3. The molecule has 0 aliphatic rings. The van der Waals surface area contributed by atoms with E-state index in [2.05, 4.69) is 23.4 Å². The SMILES string of the molecule is CCNCc1ccnn1Cc1ccccc1OC. The van der Waals surface area contributed by atoms with Crippen LogP contribution in [0.25, 0.3) is 0 Å². The van der Waals surface area contributed by atoms with Crippen LogP contribution in [0.2, 0.25) is 0 Å². The number of hydrogen-bond acceptors (Lipinski definition) is 3. The summed E-state index contributed by atoms with van der Waals surface area (Å²) in [7, 11) is 1.70. The van der Waals surface area contributed by atoms with Crippen LogP contribution in [-0.2, 0) is 13.1 Å². The van der Waals surface area contributed by atoms with Gasteiger partial charge in [0.25, 0.3) is 0 Å². The van der Waals surface area contributed by atoms with Gasteiger partial charge in [0.05, 0.1) is 19.3 Å². The maximum Gasteiger partial charge on any atom is 0.123 e. The van der Waals surface area contributed by atoms with Crippen molar-refractivity contribution in [3.8, 4) is 5.75 Å². The Labute approximate surface area is 108 Å². The summed E-state index contributed by atoms with van der Waals surface area (Å²) in [6.45, 7) is 4.63. The summed E-state index contributed by atoms with van der Waals surface area (Å²) in [6.07, 6.45) is 1.84. The van der Waals surface area contributed by atoms with E-state index in [0.717, 1.165) is 30.9 Å². The Kier molecular flexibility index (Phi) is 4.36. The number of hydrogen-bond donors (Lipinski definition) is 1. The fourth-order valence-corrected chi connectivity index (χ4v) is 1.90. The first kappa shape index (κ1) is 12.6. The molecule has 2 aromatic rings. The third-order valence-corrected chi connectivity index (χ3v) is 2.87. The second-order valence-corrected chi connectivity index (χ2v) is 4.07. The van der Waals surface area contributed by atoms with Crippen molar-refractivity contribution in [2.45, 2.75) is 20.0 Å². The van der Waals surface area contributed by atoms with Crippen LogP contribution in [0.15, 0.2) is 36.5 Å². The van der Waals surface area contributed by atoms with E-state index in [4.69, 9.17) is 4.74 Å². The summed E-state index contributed by atoms with van der Waals surface area (Å²) < 4.78 is 7.36. The van der Waals surface area contributed by atoms with Gasteiger partial charge in [-0.1, -0.05) is 25.1 Å². The quantitative estimate of drug-likeness (QED) is 0.846. The lowest BCUT2D eigenvalue weighted by molar-refractivity contribution is 0.407. The number of methoxy groups -OCH3 is 1. The molecule has 1 aromatic carbocycles. The highest BCUT2D eigenvalue weighted by Gasteiger charge is 2.06. The number of ether oxygens (including phenoxy) is 1. The molecular weight excluding hydrogens is 226 g/mol. The normalized spacial score (nSPS) is 10.6. The van der Waals surface area contributed by atoms with E-state index >= 15 is 0 Å². The van der Waals surface area contributed by atoms with Crippen molar-refractivity contribution in [2.24, 2.45) is 0 Å². The fourth-order valence-electron chi connectivity index (χ4n) is 1.90. The Hall–Kier alpha value is -1.81. The average molecular weight is 245 g/mol. The zero-order valence-corrected chi connectivity index (χ0v) is 10.9. The molecule has 2 rings (SSSR count). The summed E-state index contributed by atoms with van der Waals surface area (Å²) >= 11 is 0. The van der Waals surface area contributed by atoms with Gasteiger partial charge in [-0.15, -0.1) is 0 Å². The van der Waals surface area contributed by atoms with Crippen LogP contribution in [0.5, 0.6) is 5.75 Å². The molecule has 96 valence electrons. The van der Waals surface area contributed by atoms with Gasteiger partial charge in [-0.25, -0.2) is 0 Å². The largest absolute Gasteiger partial charge is 0.496 e. The Bertz CT molecular complexity index is 493. The van der Waals surface area contributed by atoms with Gasteiger partial charge in [-0.05, 0) is 18.7 Å². The lowest BCUT2D eigenvalue weighted by Crippen LogP contribution is -2.16. The van der Waals surface area contributed by atoms with Gasteiger partial charge in [0.1, 0.15) is 5.75 Å². The molecule has 18 heavy (non-hydrogen) atoms. The number of nitrogens with zero attached hydrogens (tertiary/aromatic N) is 2. The van der Waals surface area contributed by atoms with Gasteiger partial charge in [-0.3, -0.25) is 4.68 Å². The van der Waals surface area contributed by atoms with Crippen LogP contribution in [-0.4, -0.2) is 23.4 Å². The Morgan fingerprint density at radius 2 is 2.11 bits per heavy atom. The molecule has 1 N–H and O–H groups in total. The lowest BCUT2D eigenvalue weighted by Gasteiger charge is -2.11. The average Bonchev–Trinajstić information content (AvgIpc) is 2.84. The highest BCUT2D eigenvalue weighted by molar-refractivity contribution is 5.33. The van der Waals surface area contributed by atoms with E-state index in [1.165, 1.54) is 5.69 Å². The third kappa shape index (κ3) is 2.90. The van der Waals surface area contributed by atoms with Crippen LogP contribution in [0.3, 0.4) is 0 Å². The maximum absolute atomic E-state index is 5.36. The molecule has 0 aliphatic heterocycles. The van der Waals surface area contributed by atoms with Crippen molar-refractivity contribution in [3.05, 3.63) is 47.8 Å². The molecule has 1 aromatic heterocycles. The number of nitrogens with one attached hydrogen (secondary N) is 1. The maximum atomic E-state index is 5.36. The van der Waals surface area contributed by atoms with Crippen LogP contribution in [0.1, 0.15) is 18.2 Å². The Morgan fingerprint density at radius 3 is 2.89 bits per heavy atom. The van der Waals surface area contributed by atoms with E-state index in [1.807, 2.05) is 35.1 Å². The van der Waals surface area contributed by atoms with Crippen molar-refractivity contribution in [3.63, 3.8) is 0 Å². The topological polar surface area (TPSA) is 39.1 Å². The van der Waals surface area contributed by atoms with Crippen LogP contribution in [0.4, 0.5) is 0 Å². The van der Waals surface area contributed by atoms with Gasteiger partial charge >= 0.3 is 0 Å². The van der Waals surface area contributed by atoms with Crippen LogP contribution in [0, 0.1) is 0 Å². The highest BCUT2D eigenvalue weighted by atomic mass is 16.5. The second kappa shape index (κ2) is 6.21. The van der Waals surface area contributed by atoms with E-state index < -0.39 is 0 Å². The molecule has 0 bridgehead atoms. The molecule has 4 nitrogen and oxygen atoms in total. The summed E-state index contributed by atoms with van der Waals surface area (Å²) in [5.74, 6) is 0.905. The molecule has 0 saturated carbocycles. The Balaban J connectivity index is 2.15. The Morgan fingerprint density at radius 1 is 1.28 bits per heavy atom. The molecule has 0 unspecified atom stereocenters. The molecule has 0 saturated heterocycles. The fraction of sp³-hybridized carbons (Fsp3) is 0.357. The summed E-state index contributed by atoms with van der Waals surface area (Å²) in [6, 6.07) is 10.1. The summed E-state index contributed by atoms with van der Waals surface area (Å²) in [5.41, 5.74) is 2.32. The third-order valence-electron chi connectivity index (χ3n) is 2.87. The molecule has 0 radical (unpaired) electrons. The zero-order chi connectivity index (χ0) is 12.8. The molecule has 0 fully saturated rings. The smallest absolute Gasteiger partial charge is 0.123 e. The predicted octanol–water partition coefficient (Wildman–Crippen LogP) is 2.05. The van der Waals surface area contributed by atoms with E-state index in [9.17, 15) is 0 Å². The van der Waals surface area contributed by atoms with Crippen molar-refractivity contribution in [1.82, 2.24) is 15.1 Å². The molecule has 4 heteroatoms. The number of rotatable bonds is 6.